The molecule has 0 aliphatic rings. The lowest BCUT2D eigenvalue weighted by Crippen LogP contribution is -2.37. The van der Waals surface area contributed by atoms with E-state index >= 15 is 0 Å². The smallest absolute Gasteiger partial charge is 0.251 e. The van der Waals surface area contributed by atoms with E-state index in [-0.39, 0.29) is 12.0 Å². The number of hydrogen-bond acceptors (Lipinski definition) is 3. The average Bonchev–Trinajstić information content (AvgIpc) is 2.71. The highest BCUT2D eigenvalue weighted by molar-refractivity contribution is 5.80. The fraction of sp³-hybridized carbons (Fsp3) is 0.667. The standard InChI is InChI=1S/C12H21N3O2/c1-5-17-10(2)12(16)14(3)7-6-11-8-13-15(4)9-11/h8-10H,5-7H2,1-4H3. The number of carbonyl (C=O) groups is 1. The van der Waals surface area contributed by atoms with E-state index in [4.69, 9.17) is 4.74 Å². The van der Waals surface area contributed by atoms with E-state index in [2.05, 4.69) is 5.10 Å². The van der Waals surface area contributed by atoms with Crippen LogP contribution in [0.15, 0.2) is 12.4 Å². The quantitative estimate of drug-likeness (QED) is 0.739. The minimum atomic E-state index is -0.362. The van der Waals surface area contributed by atoms with Gasteiger partial charge in [-0.15, -0.1) is 0 Å². The van der Waals surface area contributed by atoms with Crippen molar-refractivity contribution >= 4 is 5.91 Å². The Hall–Kier alpha value is -1.36. The number of amides is 1. The summed E-state index contributed by atoms with van der Waals surface area (Å²) in [5, 5.41) is 4.09. The van der Waals surface area contributed by atoms with Crippen LogP contribution in [0.4, 0.5) is 0 Å². The van der Waals surface area contributed by atoms with Gasteiger partial charge >= 0.3 is 0 Å². The van der Waals surface area contributed by atoms with Crippen molar-refractivity contribution in [2.45, 2.75) is 26.4 Å². The third-order valence-electron chi connectivity index (χ3n) is 2.63. The maximum atomic E-state index is 11.8. The minimum absolute atomic E-state index is 0.0238. The lowest BCUT2D eigenvalue weighted by molar-refractivity contribution is -0.140. The zero-order valence-electron chi connectivity index (χ0n) is 11.0. The Bertz CT molecular complexity index is 362. The van der Waals surface area contributed by atoms with Gasteiger partial charge in [-0.05, 0) is 25.8 Å². The molecule has 0 fully saturated rings. The molecule has 1 unspecified atom stereocenters. The second-order valence-electron chi connectivity index (χ2n) is 4.13. The molecule has 0 aliphatic carbocycles. The van der Waals surface area contributed by atoms with Crippen LogP contribution in [0.5, 0.6) is 0 Å². The van der Waals surface area contributed by atoms with Gasteiger partial charge in [0.2, 0.25) is 0 Å². The van der Waals surface area contributed by atoms with Crippen molar-refractivity contribution in [1.82, 2.24) is 14.7 Å². The molecule has 0 aliphatic heterocycles. The van der Waals surface area contributed by atoms with Crippen molar-refractivity contribution in [1.29, 1.82) is 0 Å². The molecular formula is C12H21N3O2. The maximum Gasteiger partial charge on any atom is 0.251 e. The largest absolute Gasteiger partial charge is 0.369 e. The number of rotatable bonds is 6. The molecule has 0 aromatic carbocycles. The minimum Gasteiger partial charge on any atom is -0.369 e. The zero-order valence-corrected chi connectivity index (χ0v) is 11.0. The normalized spacial score (nSPS) is 12.5. The Morgan fingerprint density at radius 1 is 1.65 bits per heavy atom. The SMILES string of the molecule is CCOC(C)C(=O)N(C)CCc1cnn(C)c1. The van der Waals surface area contributed by atoms with Crippen LogP contribution in [0, 0.1) is 0 Å². The Morgan fingerprint density at radius 2 is 2.35 bits per heavy atom. The summed E-state index contributed by atoms with van der Waals surface area (Å²) in [5.74, 6) is 0.0238. The molecule has 0 bridgehead atoms. The van der Waals surface area contributed by atoms with Gasteiger partial charge in [0.05, 0.1) is 6.20 Å². The van der Waals surface area contributed by atoms with Crippen molar-refractivity contribution in [3.8, 4) is 0 Å². The van der Waals surface area contributed by atoms with Crippen LogP contribution in [-0.2, 0) is 23.0 Å². The van der Waals surface area contributed by atoms with E-state index in [1.165, 1.54) is 0 Å². The van der Waals surface area contributed by atoms with Gasteiger partial charge in [0.25, 0.3) is 5.91 Å². The summed E-state index contributed by atoms with van der Waals surface area (Å²) in [4.78, 5) is 13.5. The van der Waals surface area contributed by atoms with Crippen LogP contribution in [0.3, 0.4) is 0 Å². The monoisotopic (exact) mass is 239 g/mol. The van der Waals surface area contributed by atoms with E-state index < -0.39 is 0 Å². The summed E-state index contributed by atoms with van der Waals surface area (Å²) in [7, 11) is 3.68. The van der Waals surface area contributed by atoms with Gasteiger partial charge in [-0.3, -0.25) is 9.48 Å². The van der Waals surface area contributed by atoms with Crippen LogP contribution in [0.2, 0.25) is 0 Å². The predicted molar refractivity (Wildman–Crippen MR) is 65.6 cm³/mol. The number of aryl methyl sites for hydroxylation is 1. The topological polar surface area (TPSA) is 47.4 Å². The Morgan fingerprint density at radius 3 is 2.88 bits per heavy atom. The summed E-state index contributed by atoms with van der Waals surface area (Å²) in [6.07, 6.45) is 4.24. The molecule has 1 amide bonds. The second-order valence-corrected chi connectivity index (χ2v) is 4.13. The molecule has 0 saturated carbocycles. The number of nitrogens with zero attached hydrogens (tertiary/aromatic N) is 3. The number of hydrogen-bond donors (Lipinski definition) is 0. The molecule has 1 heterocycles. The number of carbonyl (C=O) groups excluding carboxylic acids is 1. The van der Waals surface area contributed by atoms with Gasteiger partial charge < -0.3 is 9.64 Å². The molecule has 0 radical (unpaired) electrons. The average molecular weight is 239 g/mol. The van der Waals surface area contributed by atoms with E-state index in [0.717, 1.165) is 12.0 Å². The molecule has 5 nitrogen and oxygen atoms in total. The van der Waals surface area contributed by atoms with Crippen molar-refractivity contribution < 1.29 is 9.53 Å². The van der Waals surface area contributed by atoms with Crippen molar-refractivity contribution in [3.63, 3.8) is 0 Å². The fourth-order valence-electron chi connectivity index (χ4n) is 1.64. The molecule has 1 aromatic heterocycles. The summed E-state index contributed by atoms with van der Waals surface area (Å²) >= 11 is 0. The van der Waals surface area contributed by atoms with Crippen LogP contribution >= 0.6 is 0 Å². The lowest BCUT2D eigenvalue weighted by atomic mass is 10.2. The molecule has 0 saturated heterocycles. The van der Waals surface area contributed by atoms with Gasteiger partial charge in [-0.1, -0.05) is 0 Å². The van der Waals surface area contributed by atoms with E-state index in [0.29, 0.717) is 13.2 Å². The molecule has 0 spiro atoms. The highest BCUT2D eigenvalue weighted by atomic mass is 16.5. The summed E-state index contributed by atoms with van der Waals surface area (Å²) in [6, 6.07) is 0. The van der Waals surface area contributed by atoms with Gasteiger partial charge in [0.1, 0.15) is 6.10 Å². The third-order valence-corrected chi connectivity index (χ3v) is 2.63. The van der Waals surface area contributed by atoms with E-state index in [1.54, 1.807) is 23.6 Å². The highest BCUT2D eigenvalue weighted by Gasteiger charge is 2.17. The molecule has 17 heavy (non-hydrogen) atoms. The third kappa shape index (κ3) is 4.19. The number of likely N-dealkylation sites (N-methyl/N-ethyl adjacent to an activating group) is 1. The van der Waals surface area contributed by atoms with Crippen molar-refractivity contribution in [3.05, 3.63) is 18.0 Å². The van der Waals surface area contributed by atoms with Crippen LogP contribution < -0.4 is 0 Å². The first-order chi connectivity index (χ1) is 8.04. The molecule has 1 rings (SSSR count). The second kappa shape index (κ2) is 6.39. The molecule has 96 valence electrons. The van der Waals surface area contributed by atoms with Gasteiger partial charge in [0, 0.05) is 33.4 Å². The van der Waals surface area contributed by atoms with Crippen LogP contribution in [0.1, 0.15) is 19.4 Å². The number of aromatic nitrogens is 2. The van der Waals surface area contributed by atoms with Crippen molar-refractivity contribution in [2.24, 2.45) is 7.05 Å². The van der Waals surface area contributed by atoms with E-state index in [1.807, 2.05) is 26.4 Å². The molecule has 1 atom stereocenters. The fourth-order valence-corrected chi connectivity index (χ4v) is 1.64. The lowest BCUT2D eigenvalue weighted by Gasteiger charge is -2.20. The van der Waals surface area contributed by atoms with Gasteiger partial charge in [-0.2, -0.15) is 5.10 Å². The molecule has 0 N–H and O–H groups in total. The highest BCUT2D eigenvalue weighted by Crippen LogP contribution is 2.02. The summed E-state index contributed by atoms with van der Waals surface area (Å²) in [5.41, 5.74) is 1.14. The Labute approximate surface area is 102 Å². The Balaban J connectivity index is 2.38. The van der Waals surface area contributed by atoms with Crippen LogP contribution in [-0.4, -0.2) is 46.9 Å². The molecular weight excluding hydrogens is 218 g/mol. The predicted octanol–water partition coefficient (Wildman–Crippen LogP) is 0.846. The van der Waals surface area contributed by atoms with E-state index in [9.17, 15) is 4.79 Å². The first-order valence-electron chi connectivity index (χ1n) is 5.88. The molecule has 1 aromatic rings. The van der Waals surface area contributed by atoms with Gasteiger partial charge in [0.15, 0.2) is 0 Å². The van der Waals surface area contributed by atoms with Gasteiger partial charge in [-0.25, -0.2) is 0 Å². The Kier molecular flexibility index (Phi) is 5.15. The summed E-state index contributed by atoms with van der Waals surface area (Å²) in [6.45, 7) is 4.91. The summed E-state index contributed by atoms with van der Waals surface area (Å²) < 4.78 is 7.04. The maximum absolute atomic E-state index is 11.8. The first kappa shape index (κ1) is 13.7. The molecule has 5 heteroatoms. The number of ether oxygens (including phenoxy) is 1. The first-order valence-corrected chi connectivity index (χ1v) is 5.88. The van der Waals surface area contributed by atoms with Crippen LogP contribution in [0.25, 0.3) is 0 Å². The zero-order chi connectivity index (χ0) is 12.8. The van der Waals surface area contributed by atoms with Crippen molar-refractivity contribution in [2.75, 3.05) is 20.2 Å².